The minimum atomic E-state index is 0.188. The number of hydrogen-bond donors (Lipinski definition) is 1. The Bertz CT molecular complexity index is 136. The first-order valence-electron chi connectivity index (χ1n) is 5.08. The molecular formula is C11H24ClN. The van der Waals surface area contributed by atoms with Gasteiger partial charge in [-0.05, 0) is 38.6 Å². The van der Waals surface area contributed by atoms with Crippen LogP contribution in [0, 0.1) is 5.41 Å². The second-order valence-corrected chi connectivity index (χ2v) is 5.94. The van der Waals surface area contributed by atoms with Crippen molar-refractivity contribution in [2.75, 3.05) is 12.4 Å². The third-order valence-electron chi connectivity index (χ3n) is 2.20. The fraction of sp³-hybridized carbons (Fsp3) is 1.00. The minimum absolute atomic E-state index is 0.188. The molecule has 0 aliphatic carbocycles. The quantitative estimate of drug-likeness (QED) is 0.679. The molecule has 0 spiro atoms. The first kappa shape index (κ1) is 13.2. The van der Waals surface area contributed by atoms with Crippen molar-refractivity contribution in [1.29, 1.82) is 0 Å². The molecule has 1 N–H and O–H groups in total. The summed E-state index contributed by atoms with van der Waals surface area (Å²) in [5.41, 5.74) is 0.608. The monoisotopic (exact) mass is 205 g/mol. The maximum absolute atomic E-state index is 5.71. The van der Waals surface area contributed by atoms with Crippen LogP contribution >= 0.6 is 11.6 Å². The molecule has 0 aromatic carbocycles. The molecule has 0 atom stereocenters. The van der Waals surface area contributed by atoms with Gasteiger partial charge in [0.2, 0.25) is 0 Å². The van der Waals surface area contributed by atoms with Gasteiger partial charge in [0, 0.05) is 11.4 Å². The average Bonchev–Trinajstić information content (AvgIpc) is 1.82. The first-order valence-corrected chi connectivity index (χ1v) is 5.61. The summed E-state index contributed by atoms with van der Waals surface area (Å²) < 4.78 is 0. The second kappa shape index (κ2) is 5.21. The molecule has 0 heterocycles. The molecule has 0 radical (unpaired) electrons. The van der Waals surface area contributed by atoms with E-state index in [2.05, 4.69) is 39.9 Å². The molecule has 0 rings (SSSR count). The van der Waals surface area contributed by atoms with E-state index in [0.717, 1.165) is 18.8 Å². The Labute approximate surface area is 88.2 Å². The molecule has 80 valence electrons. The fourth-order valence-electron chi connectivity index (χ4n) is 1.10. The van der Waals surface area contributed by atoms with Crippen molar-refractivity contribution in [2.24, 2.45) is 5.41 Å². The van der Waals surface area contributed by atoms with Gasteiger partial charge in [-0.25, -0.2) is 0 Å². The Balaban J connectivity index is 3.63. The van der Waals surface area contributed by atoms with Gasteiger partial charge < -0.3 is 5.32 Å². The van der Waals surface area contributed by atoms with Crippen molar-refractivity contribution in [2.45, 2.75) is 53.0 Å². The van der Waals surface area contributed by atoms with E-state index in [9.17, 15) is 0 Å². The zero-order valence-electron chi connectivity index (χ0n) is 9.71. The normalized spacial score (nSPS) is 13.4. The number of halogens is 1. The molecule has 0 aliphatic heterocycles. The largest absolute Gasteiger partial charge is 0.312 e. The van der Waals surface area contributed by atoms with Gasteiger partial charge >= 0.3 is 0 Å². The van der Waals surface area contributed by atoms with E-state index in [1.54, 1.807) is 0 Å². The smallest absolute Gasteiger partial charge is 0.0240 e. The van der Waals surface area contributed by atoms with Gasteiger partial charge in [-0.2, -0.15) is 0 Å². The predicted octanol–water partition coefficient (Wildman–Crippen LogP) is 3.42. The first-order chi connectivity index (χ1) is 5.77. The molecule has 0 fully saturated rings. The highest BCUT2D eigenvalue weighted by atomic mass is 35.5. The Hall–Kier alpha value is 0.250. The molecule has 0 saturated heterocycles. The third kappa shape index (κ3) is 8.58. The second-order valence-electron chi connectivity index (χ2n) is 5.56. The standard InChI is InChI=1S/C11H24ClN/c1-10(2,3)7-9-13-11(4,5)6-8-12/h13H,6-9H2,1-5H3. The van der Waals surface area contributed by atoms with Gasteiger partial charge in [0.15, 0.2) is 0 Å². The summed E-state index contributed by atoms with van der Waals surface area (Å²) in [6.07, 6.45) is 2.23. The lowest BCUT2D eigenvalue weighted by Gasteiger charge is -2.27. The van der Waals surface area contributed by atoms with Crippen LogP contribution in [0.25, 0.3) is 0 Å². The van der Waals surface area contributed by atoms with Crippen LogP contribution in [0.3, 0.4) is 0 Å². The molecule has 0 amide bonds. The highest BCUT2D eigenvalue weighted by Crippen LogP contribution is 2.18. The van der Waals surface area contributed by atoms with Crippen LogP contribution in [-0.2, 0) is 0 Å². The Morgan fingerprint density at radius 2 is 1.54 bits per heavy atom. The number of alkyl halides is 1. The summed E-state index contributed by atoms with van der Waals surface area (Å²) in [4.78, 5) is 0. The van der Waals surface area contributed by atoms with Crippen LogP contribution in [0.4, 0.5) is 0 Å². The summed E-state index contributed by atoms with van der Waals surface area (Å²) >= 11 is 5.71. The van der Waals surface area contributed by atoms with E-state index in [1.165, 1.54) is 6.42 Å². The van der Waals surface area contributed by atoms with Crippen LogP contribution in [0.5, 0.6) is 0 Å². The Morgan fingerprint density at radius 1 is 1.00 bits per heavy atom. The topological polar surface area (TPSA) is 12.0 Å². The summed E-state index contributed by atoms with van der Waals surface area (Å²) in [5.74, 6) is 0.732. The maximum Gasteiger partial charge on any atom is 0.0240 e. The van der Waals surface area contributed by atoms with E-state index in [4.69, 9.17) is 11.6 Å². The van der Waals surface area contributed by atoms with E-state index in [-0.39, 0.29) is 5.54 Å². The summed E-state index contributed by atoms with van der Waals surface area (Å²) in [6, 6.07) is 0. The zero-order valence-corrected chi connectivity index (χ0v) is 10.5. The van der Waals surface area contributed by atoms with Gasteiger partial charge in [0.05, 0.1) is 0 Å². The zero-order chi connectivity index (χ0) is 10.5. The fourth-order valence-corrected chi connectivity index (χ4v) is 1.57. The summed E-state index contributed by atoms with van der Waals surface area (Å²) in [7, 11) is 0. The third-order valence-corrected chi connectivity index (χ3v) is 2.39. The molecular weight excluding hydrogens is 182 g/mol. The molecule has 13 heavy (non-hydrogen) atoms. The predicted molar refractivity (Wildman–Crippen MR) is 61.5 cm³/mol. The molecule has 2 heteroatoms. The SMILES string of the molecule is CC(C)(C)CCNC(C)(C)CCCl. The van der Waals surface area contributed by atoms with Crippen molar-refractivity contribution in [1.82, 2.24) is 5.32 Å². The van der Waals surface area contributed by atoms with E-state index in [1.807, 2.05) is 0 Å². The van der Waals surface area contributed by atoms with Crippen LogP contribution in [0.15, 0.2) is 0 Å². The Kier molecular flexibility index (Phi) is 5.31. The van der Waals surface area contributed by atoms with Crippen LogP contribution in [0.2, 0.25) is 0 Å². The molecule has 0 aromatic rings. The van der Waals surface area contributed by atoms with E-state index in [0.29, 0.717) is 5.41 Å². The van der Waals surface area contributed by atoms with Gasteiger partial charge in [-0.1, -0.05) is 20.8 Å². The summed E-state index contributed by atoms with van der Waals surface area (Å²) in [6.45, 7) is 12.3. The number of hydrogen-bond acceptors (Lipinski definition) is 1. The lowest BCUT2D eigenvalue weighted by atomic mass is 9.91. The van der Waals surface area contributed by atoms with Gasteiger partial charge in [-0.15, -0.1) is 11.6 Å². The van der Waals surface area contributed by atoms with Crippen LogP contribution in [0.1, 0.15) is 47.5 Å². The molecule has 0 saturated carbocycles. The Morgan fingerprint density at radius 3 is 1.92 bits per heavy atom. The van der Waals surface area contributed by atoms with E-state index < -0.39 is 0 Å². The lowest BCUT2D eigenvalue weighted by Crippen LogP contribution is -2.41. The van der Waals surface area contributed by atoms with Gasteiger partial charge in [-0.3, -0.25) is 0 Å². The molecule has 0 aliphatic rings. The van der Waals surface area contributed by atoms with Gasteiger partial charge in [0.25, 0.3) is 0 Å². The van der Waals surface area contributed by atoms with Crippen LogP contribution in [-0.4, -0.2) is 18.0 Å². The highest BCUT2D eigenvalue weighted by Gasteiger charge is 2.17. The number of rotatable bonds is 5. The molecule has 0 bridgehead atoms. The molecule has 0 aromatic heterocycles. The minimum Gasteiger partial charge on any atom is -0.312 e. The van der Waals surface area contributed by atoms with Gasteiger partial charge in [0.1, 0.15) is 0 Å². The average molecular weight is 206 g/mol. The maximum atomic E-state index is 5.71. The van der Waals surface area contributed by atoms with E-state index >= 15 is 0 Å². The van der Waals surface area contributed by atoms with Crippen molar-refractivity contribution in [3.63, 3.8) is 0 Å². The lowest BCUT2D eigenvalue weighted by molar-refractivity contribution is 0.315. The van der Waals surface area contributed by atoms with Crippen molar-refractivity contribution in [3.8, 4) is 0 Å². The highest BCUT2D eigenvalue weighted by molar-refractivity contribution is 6.17. The van der Waals surface area contributed by atoms with Crippen molar-refractivity contribution < 1.29 is 0 Å². The molecule has 1 nitrogen and oxygen atoms in total. The van der Waals surface area contributed by atoms with Crippen molar-refractivity contribution >= 4 is 11.6 Å². The van der Waals surface area contributed by atoms with Crippen molar-refractivity contribution in [3.05, 3.63) is 0 Å². The summed E-state index contributed by atoms with van der Waals surface area (Å²) in [5, 5.41) is 3.53. The molecule has 0 unspecified atom stereocenters. The van der Waals surface area contributed by atoms with Crippen LogP contribution < -0.4 is 5.32 Å². The number of nitrogens with one attached hydrogen (secondary N) is 1.